The lowest BCUT2D eigenvalue weighted by atomic mass is 10.0. The van der Waals surface area contributed by atoms with Gasteiger partial charge in [0.1, 0.15) is 0 Å². The predicted molar refractivity (Wildman–Crippen MR) is 82.1 cm³/mol. The quantitative estimate of drug-likeness (QED) is 0.811. The highest BCUT2D eigenvalue weighted by Gasteiger charge is 2.14. The van der Waals surface area contributed by atoms with E-state index in [-0.39, 0.29) is 18.4 Å². The third-order valence-corrected chi connectivity index (χ3v) is 3.47. The first-order valence-corrected chi connectivity index (χ1v) is 7.18. The normalized spacial score (nSPS) is 11.8. The summed E-state index contributed by atoms with van der Waals surface area (Å²) in [5.74, 6) is -0.858. The minimum Gasteiger partial charge on any atom is -0.481 e. The number of carbonyl (C=O) groups excluding carboxylic acids is 1. The number of urea groups is 1. The number of rotatable bonds is 7. The Hall–Kier alpha value is -2.04. The zero-order valence-corrected chi connectivity index (χ0v) is 12.9. The summed E-state index contributed by atoms with van der Waals surface area (Å²) in [4.78, 5) is 24.3. The summed E-state index contributed by atoms with van der Waals surface area (Å²) >= 11 is 0. The Morgan fingerprint density at radius 1 is 1.29 bits per heavy atom. The van der Waals surface area contributed by atoms with E-state index in [1.807, 2.05) is 38.1 Å². The Kier molecular flexibility index (Phi) is 6.72. The monoisotopic (exact) mass is 292 g/mol. The Bertz CT molecular complexity index is 471. The van der Waals surface area contributed by atoms with Crippen molar-refractivity contribution < 1.29 is 14.7 Å². The number of nitrogens with zero attached hydrogens (tertiary/aromatic N) is 1. The van der Waals surface area contributed by atoms with Crippen molar-refractivity contribution in [3.8, 4) is 0 Å². The van der Waals surface area contributed by atoms with Crippen LogP contribution in [0.2, 0.25) is 0 Å². The van der Waals surface area contributed by atoms with Crippen LogP contribution >= 0.6 is 0 Å². The van der Waals surface area contributed by atoms with Gasteiger partial charge in [-0.3, -0.25) is 4.79 Å². The second-order valence-corrected chi connectivity index (χ2v) is 5.40. The van der Waals surface area contributed by atoms with E-state index in [0.29, 0.717) is 13.1 Å². The fraction of sp³-hybridized carbons (Fsp3) is 0.500. The molecule has 5 nitrogen and oxygen atoms in total. The van der Waals surface area contributed by atoms with Crippen LogP contribution in [0.5, 0.6) is 0 Å². The molecule has 0 aliphatic carbocycles. The molecule has 0 spiro atoms. The summed E-state index contributed by atoms with van der Waals surface area (Å²) in [6, 6.07) is 7.85. The summed E-state index contributed by atoms with van der Waals surface area (Å²) < 4.78 is 0. The Morgan fingerprint density at radius 2 is 1.90 bits per heavy atom. The van der Waals surface area contributed by atoms with E-state index in [2.05, 4.69) is 5.32 Å². The fourth-order valence-corrected chi connectivity index (χ4v) is 2.01. The highest BCUT2D eigenvalue weighted by Crippen LogP contribution is 2.08. The largest absolute Gasteiger partial charge is 0.481 e. The molecule has 1 rings (SSSR count). The molecule has 1 aromatic rings. The number of aryl methyl sites for hydroxylation is 1. The lowest BCUT2D eigenvalue weighted by Crippen LogP contribution is -2.39. The maximum absolute atomic E-state index is 12.0. The third-order valence-electron chi connectivity index (χ3n) is 3.47. The van der Waals surface area contributed by atoms with Crippen LogP contribution in [0.3, 0.4) is 0 Å². The van der Waals surface area contributed by atoms with Crippen LogP contribution in [0.25, 0.3) is 0 Å². The highest BCUT2D eigenvalue weighted by atomic mass is 16.4. The minimum absolute atomic E-state index is 0.0285. The van der Waals surface area contributed by atoms with Gasteiger partial charge in [-0.25, -0.2) is 4.79 Å². The topological polar surface area (TPSA) is 69.6 Å². The van der Waals surface area contributed by atoms with Crippen molar-refractivity contribution in [3.63, 3.8) is 0 Å². The molecule has 5 heteroatoms. The van der Waals surface area contributed by atoms with Crippen molar-refractivity contribution in [2.24, 2.45) is 5.92 Å². The smallest absolute Gasteiger partial charge is 0.317 e. The van der Waals surface area contributed by atoms with Gasteiger partial charge in [0.15, 0.2) is 0 Å². The first-order valence-electron chi connectivity index (χ1n) is 7.18. The molecule has 2 amide bonds. The van der Waals surface area contributed by atoms with Gasteiger partial charge in [0.25, 0.3) is 0 Å². The van der Waals surface area contributed by atoms with Gasteiger partial charge in [0.2, 0.25) is 0 Å². The molecule has 116 valence electrons. The van der Waals surface area contributed by atoms with E-state index in [9.17, 15) is 9.59 Å². The molecule has 0 bridgehead atoms. The van der Waals surface area contributed by atoms with Crippen molar-refractivity contribution in [2.75, 3.05) is 13.6 Å². The lowest BCUT2D eigenvalue weighted by molar-refractivity contribution is -0.138. The summed E-state index contributed by atoms with van der Waals surface area (Å²) in [6.45, 7) is 4.87. The van der Waals surface area contributed by atoms with Crippen molar-refractivity contribution in [1.29, 1.82) is 0 Å². The van der Waals surface area contributed by atoms with Gasteiger partial charge in [-0.15, -0.1) is 0 Å². The van der Waals surface area contributed by atoms with Crippen LogP contribution in [0, 0.1) is 12.8 Å². The van der Waals surface area contributed by atoms with Crippen molar-refractivity contribution in [1.82, 2.24) is 10.2 Å². The molecule has 0 saturated carbocycles. The van der Waals surface area contributed by atoms with Gasteiger partial charge in [-0.1, -0.05) is 43.2 Å². The van der Waals surface area contributed by atoms with Gasteiger partial charge >= 0.3 is 12.0 Å². The Balaban J connectivity index is 2.43. The van der Waals surface area contributed by atoms with Gasteiger partial charge in [0.05, 0.1) is 0 Å². The number of benzene rings is 1. The van der Waals surface area contributed by atoms with E-state index in [1.165, 1.54) is 5.56 Å². The van der Waals surface area contributed by atoms with Crippen molar-refractivity contribution in [3.05, 3.63) is 35.4 Å². The van der Waals surface area contributed by atoms with Gasteiger partial charge in [-0.2, -0.15) is 0 Å². The van der Waals surface area contributed by atoms with Crippen LogP contribution in [0.4, 0.5) is 4.79 Å². The number of hydrogen-bond donors (Lipinski definition) is 2. The average molecular weight is 292 g/mol. The summed E-state index contributed by atoms with van der Waals surface area (Å²) in [7, 11) is 1.73. The van der Waals surface area contributed by atoms with Gasteiger partial charge in [0, 0.05) is 26.6 Å². The summed E-state index contributed by atoms with van der Waals surface area (Å²) in [5, 5.41) is 11.6. The number of carboxylic acid groups (broad SMARTS) is 1. The van der Waals surface area contributed by atoms with Crippen LogP contribution in [0.1, 0.15) is 30.9 Å². The number of nitrogens with one attached hydrogen (secondary N) is 1. The summed E-state index contributed by atoms with van der Waals surface area (Å²) in [6.07, 6.45) is 0.812. The molecule has 0 aromatic heterocycles. The number of carbonyl (C=O) groups is 2. The first kappa shape index (κ1) is 17.0. The number of carboxylic acids is 1. The second-order valence-electron chi connectivity index (χ2n) is 5.40. The van der Waals surface area contributed by atoms with Crippen LogP contribution in [-0.2, 0) is 11.3 Å². The van der Waals surface area contributed by atoms with E-state index >= 15 is 0 Å². The van der Waals surface area contributed by atoms with Crippen LogP contribution < -0.4 is 5.32 Å². The van der Waals surface area contributed by atoms with E-state index < -0.39 is 5.97 Å². The van der Waals surface area contributed by atoms with Crippen molar-refractivity contribution >= 4 is 12.0 Å². The van der Waals surface area contributed by atoms with E-state index in [0.717, 1.165) is 12.0 Å². The number of aliphatic carboxylic acids is 1. The molecule has 2 N–H and O–H groups in total. The maximum atomic E-state index is 12.0. The Labute approximate surface area is 126 Å². The zero-order valence-electron chi connectivity index (χ0n) is 12.9. The maximum Gasteiger partial charge on any atom is 0.317 e. The van der Waals surface area contributed by atoms with Crippen LogP contribution in [-0.4, -0.2) is 35.6 Å². The standard InChI is InChI=1S/C16H24N2O3/c1-4-13(9-15(19)20)10-17-16(21)18(3)11-14-7-5-12(2)6-8-14/h5-8,13H,4,9-11H2,1-3H3,(H,17,21)(H,19,20). The molecule has 0 aliphatic rings. The molecule has 1 atom stereocenters. The molecule has 0 radical (unpaired) electrons. The molecule has 0 heterocycles. The first-order chi connectivity index (χ1) is 9.92. The average Bonchev–Trinajstić information content (AvgIpc) is 2.45. The third kappa shape index (κ3) is 6.29. The molecule has 21 heavy (non-hydrogen) atoms. The molecule has 1 aromatic carbocycles. The second kappa shape index (κ2) is 8.29. The highest BCUT2D eigenvalue weighted by molar-refractivity contribution is 5.74. The lowest BCUT2D eigenvalue weighted by Gasteiger charge is -2.20. The molecule has 0 aliphatic heterocycles. The zero-order chi connectivity index (χ0) is 15.8. The van der Waals surface area contributed by atoms with E-state index in [4.69, 9.17) is 5.11 Å². The predicted octanol–water partition coefficient (Wildman–Crippen LogP) is 2.64. The number of amides is 2. The SMILES string of the molecule is CCC(CNC(=O)N(C)Cc1ccc(C)cc1)CC(=O)O. The van der Waals surface area contributed by atoms with E-state index in [1.54, 1.807) is 11.9 Å². The fourth-order valence-electron chi connectivity index (χ4n) is 2.01. The summed E-state index contributed by atoms with van der Waals surface area (Å²) in [5.41, 5.74) is 2.25. The molecule has 0 saturated heterocycles. The molecular weight excluding hydrogens is 268 g/mol. The molecular formula is C16H24N2O3. The van der Waals surface area contributed by atoms with Crippen molar-refractivity contribution in [2.45, 2.75) is 33.2 Å². The number of hydrogen-bond acceptors (Lipinski definition) is 2. The minimum atomic E-state index is -0.830. The Morgan fingerprint density at radius 3 is 2.43 bits per heavy atom. The van der Waals surface area contributed by atoms with Gasteiger partial charge in [-0.05, 0) is 18.4 Å². The van der Waals surface area contributed by atoms with Crippen LogP contribution in [0.15, 0.2) is 24.3 Å². The van der Waals surface area contributed by atoms with Gasteiger partial charge < -0.3 is 15.3 Å². The molecule has 0 fully saturated rings. The molecule has 1 unspecified atom stereocenters.